The Hall–Kier alpha value is -0.190. The highest BCUT2D eigenvalue weighted by molar-refractivity contribution is 7.65. The van der Waals surface area contributed by atoms with Crippen LogP contribution >= 0.6 is 7.14 Å². The maximum absolute atomic E-state index is 11.7. The van der Waals surface area contributed by atoms with Crippen LogP contribution in [0.5, 0.6) is 0 Å². The van der Waals surface area contributed by atoms with Gasteiger partial charge in [-0.2, -0.15) is 0 Å². The molecule has 2 saturated heterocycles. The lowest BCUT2D eigenvalue weighted by molar-refractivity contribution is -0.221. The van der Waals surface area contributed by atoms with E-state index in [2.05, 4.69) is 0 Å². The first-order valence-corrected chi connectivity index (χ1v) is 8.67. The molecule has 18 heavy (non-hydrogen) atoms. The second kappa shape index (κ2) is 4.73. The molecule has 2 aliphatic rings. The van der Waals surface area contributed by atoms with Crippen molar-refractivity contribution >= 4 is 7.14 Å². The lowest BCUT2D eigenvalue weighted by Crippen LogP contribution is -2.30. The van der Waals surface area contributed by atoms with Gasteiger partial charge in [0.15, 0.2) is 12.1 Å². The molecule has 0 radical (unpaired) electrons. The van der Waals surface area contributed by atoms with Crippen LogP contribution in [0.4, 0.5) is 0 Å². The van der Waals surface area contributed by atoms with E-state index in [1.807, 2.05) is 13.8 Å². The lowest BCUT2D eigenvalue weighted by Gasteiger charge is -2.22. The van der Waals surface area contributed by atoms with Crippen molar-refractivity contribution < 1.29 is 23.5 Å². The van der Waals surface area contributed by atoms with Crippen LogP contribution in [-0.2, 0) is 23.5 Å². The topological polar surface area (TPSA) is 54.0 Å². The van der Waals surface area contributed by atoms with Gasteiger partial charge in [-0.1, -0.05) is 0 Å². The average molecular weight is 276 g/mol. The van der Waals surface area contributed by atoms with E-state index in [9.17, 15) is 4.57 Å². The molecular weight excluding hydrogens is 255 g/mol. The van der Waals surface area contributed by atoms with Gasteiger partial charge in [-0.25, -0.2) is 0 Å². The Labute approximate surface area is 108 Å². The molecular formula is C12H21O5P. The van der Waals surface area contributed by atoms with Crippen LogP contribution in [0.15, 0.2) is 11.9 Å². The molecule has 6 heteroatoms. The quantitative estimate of drug-likeness (QED) is 0.738. The van der Waals surface area contributed by atoms with Crippen molar-refractivity contribution in [3.05, 3.63) is 11.9 Å². The van der Waals surface area contributed by atoms with Gasteiger partial charge in [-0.3, -0.25) is 0 Å². The van der Waals surface area contributed by atoms with Crippen molar-refractivity contribution in [2.45, 2.75) is 44.2 Å². The summed E-state index contributed by atoms with van der Waals surface area (Å²) in [6.07, 6.45) is 0.609. The minimum absolute atomic E-state index is 0.215. The smallest absolute Gasteiger partial charge is 0.187 e. The number of fused-ring (bicyclic) bond motifs is 1. The molecule has 0 aliphatic carbocycles. The molecule has 0 aromatic rings. The summed E-state index contributed by atoms with van der Waals surface area (Å²) in [6.45, 7) is 7.14. The van der Waals surface area contributed by atoms with Gasteiger partial charge in [0, 0.05) is 7.11 Å². The van der Waals surface area contributed by atoms with Crippen LogP contribution in [0.25, 0.3) is 0 Å². The third-order valence-corrected chi connectivity index (χ3v) is 3.80. The normalized spacial score (nSPS) is 39.4. The monoisotopic (exact) mass is 276 g/mol. The molecule has 0 saturated carbocycles. The number of hydrogen-bond acceptors (Lipinski definition) is 5. The van der Waals surface area contributed by atoms with E-state index < -0.39 is 19.2 Å². The summed E-state index contributed by atoms with van der Waals surface area (Å²) in [4.78, 5) is 0. The summed E-state index contributed by atoms with van der Waals surface area (Å²) >= 11 is 0. The zero-order valence-electron chi connectivity index (χ0n) is 11.5. The molecule has 104 valence electrons. The van der Waals surface area contributed by atoms with Crippen LogP contribution in [-0.4, -0.2) is 50.8 Å². The van der Waals surface area contributed by atoms with E-state index in [1.165, 1.54) is 0 Å². The Bertz CT molecular complexity index is 386. The van der Waals surface area contributed by atoms with Gasteiger partial charge >= 0.3 is 0 Å². The van der Waals surface area contributed by atoms with Crippen molar-refractivity contribution in [2.24, 2.45) is 0 Å². The second-order valence-corrected chi connectivity index (χ2v) is 8.71. The van der Waals surface area contributed by atoms with E-state index in [-0.39, 0.29) is 18.3 Å². The molecule has 5 nitrogen and oxygen atoms in total. The van der Waals surface area contributed by atoms with E-state index in [0.29, 0.717) is 0 Å². The number of ether oxygens (including phenoxy) is 4. The maximum Gasteiger partial charge on any atom is 0.187 e. The molecule has 0 N–H and O–H groups in total. The van der Waals surface area contributed by atoms with Crippen molar-refractivity contribution in [2.75, 3.05) is 20.4 Å². The summed E-state index contributed by atoms with van der Waals surface area (Å²) in [6, 6.07) is 0. The van der Waals surface area contributed by atoms with E-state index >= 15 is 0 Å². The van der Waals surface area contributed by atoms with Gasteiger partial charge in [-0.15, -0.1) is 0 Å². The molecule has 2 aliphatic heterocycles. The third-order valence-electron chi connectivity index (χ3n) is 2.91. The van der Waals surface area contributed by atoms with Gasteiger partial charge in [0.05, 0.1) is 0 Å². The van der Waals surface area contributed by atoms with E-state index in [0.717, 1.165) is 0 Å². The Balaban J connectivity index is 2.14. The summed E-state index contributed by atoms with van der Waals surface area (Å²) in [5.41, 5.74) is 0. The van der Waals surface area contributed by atoms with Crippen molar-refractivity contribution in [1.29, 1.82) is 0 Å². The summed E-state index contributed by atoms with van der Waals surface area (Å²) in [7, 11) is -0.636. The standard InChI is InChI=1S/C12H21O5P/c1-12(2)16-9-8(6-7-18(4,5)13)15-11(14-3)10(9)17-12/h6-11H,1-5H3/b7-6+/t8-,9-,10-,11-/m1/s1. The zero-order valence-corrected chi connectivity index (χ0v) is 12.3. The van der Waals surface area contributed by atoms with Gasteiger partial charge in [0.2, 0.25) is 0 Å². The minimum Gasteiger partial charge on any atom is -0.353 e. The average Bonchev–Trinajstić information content (AvgIpc) is 2.67. The highest BCUT2D eigenvalue weighted by Crippen LogP contribution is 2.42. The highest BCUT2D eigenvalue weighted by Gasteiger charge is 2.54. The van der Waals surface area contributed by atoms with Crippen LogP contribution in [0.1, 0.15) is 13.8 Å². The highest BCUT2D eigenvalue weighted by atomic mass is 31.2. The van der Waals surface area contributed by atoms with Crippen molar-refractivity contribution in [3.63, 3.8) is 0 Å². The van der Waals surface area contributed by atoms with Gasteiger partial charge in [-0.05, 0) is 39.1 Å². The van der Waals surface area contributed by atoms with Crippen molar-refractivity contribution in [3.8, 4) is 0 Å². The lowest BCUT2D eigenvalue weighted by atomic mass is 10.1. The molecule has 4 atom stereocenters. The molecule has 0 bridgehead atoms. The minimum atomic E-state index is -2.21. The largest absolute Gasteiger partial charge is 0.353 e. The molecule has 0 amide bonds. The van der Waals surface area contributed by atoms with Crippen molar-refractivity contribution in [1.82, 2.24) is 0 Å². The fraction of sp³-hybridized carbons (Fsp3) is 0.833. The molecule has 2 heterocycles. The SMILES string of the molecule is CO[C@@H]1O[C@H](/C=C/P(C)(C)=O)[C@H]2OC(C)(C)O[C@@H]12. The Morgan fingerprint density at radius 2 is 1.83 bits per heavy atom. The second-order valence-electron chi connectivity index (χ2n) is 5.55. The predicted molar refractivity (Wildman–Crippen MR) is 68.1 cm³/mol. The molecule has 0 unspecified atom stereocenters. The van der Waals surface area contributed by atoms with Crippen LogP contribution in [0.3, 0.4) is 0 Å². The Kier molecular flexibility index (Phi) is 3.74. The maximum atomic E-state index is 11.7. The summed E-state index contributed by atoms with van der Waals surface area (Å²) in [5.74, 6) is 1.06. The van der Waals surface area contributed by atoms with Gasteiger partial charge in [0.1, 0.15) is 25.5 Å². The first-order valence-electron chi connectivity index (χ1n) is 6.00. The third kappa shape index (κ3) is 3.03. The molecule has 2 fully saturated rings. The molecule has 0 aromatic carbocycles. The van der Waals surface area contributed by atoms with E-state index in [1.54, 1.807) is 32.3 Å². The van der Waals surface area contributed by atoms with E-state index in [4.69, 9.17) is 18.9 Å². The van der Waals surface area contributed by atoms with Gasteiger partial charge in [0.25, 0.3) is 0 Å². The first-order chi connectivity index (χ1) is 8.22. The van der Waals surface area contributed by atoms with Gasteiger partial charge < -0.3 is 23.5 Å². The molecule has 2 rings (SSSR count). The van der Waals surface area contributed by atoms with Crippen LogP contribution < -0.4 is 0 Å². The summed E-state index contributed by atoms with van der Waals surface area (Å²) in [5, 5.41) is 0. The predicted octanol–water partition coefficient (Wildman–Crippen LogP) is 2.01. The number of methoxy groups -OCH3 is 1. The Morgan fingerprint density at radius 1 is 1.22 bits per heavy atom. The van der Waals surface area contributed by atoms with Crippen LogP contribution in [0.2, 0.25) is 0 Å². The number of rotatable bonds is 3. The fourth-order valence-corrected chi connectivity index (χ4v) is 2.81. The Morgan fingerprint density at radius 3 is 2.39 bits per heavy atom. The first kappa shape index (κ1) is 14.2. The molecule has 0 aromatic heterocycles. The van der Waals surface area contributed by atoms with Crippen LogP contribution in [0, 0.1) is 0 Å². The zero-order chi connectivity index (χ0) is 13.6. The number of hydrogen-bond donors (Lipinski definition) is 0. The fourth-order valence-electron chi connectivity index (χ4n) is 2.23. The molecule has 0 spiro atoms. The summed E-state index contributed by atoms with van der Waals surface area (Å²) < 4.78 is 34.2.